The Kier molecular flexibility index (Phi) is 4.38. The topological polar surface area (TPSA) is 102 Å². The summed E-state index contributed by atoms with van der Waals surface area (Å²) in [7, 11) is 0. The number of aromatic nitrogens is 2. The predicted molar refractivity (Wildman–Crippen MR) is 74.4 cm³/mol. The number of H-pyrrole nitrogens is 1. The van der Waals surface area contributed by atoms with Gasteiger partial charge in [-0.3, -0.25) is 10.9 Å². The average molecular weight is 261 g/mol. The molecule has 2 aromatic rings. The predicted octanol–water partition coefficient (Wildman–Crippen LogP) is 1.33. The highest BCUT2D eigenvalue weighted by Crippen LogP contribution is 2.31. The van der Waals surface area contributed by atoms with E-state index < -0.39 is 0 Å². The zero-order valence-corrected chi connectivity index (χ0v) is 10.9. The Hall–Kier alpha value is -2.05. The molecule has 0 aliphatic heterocycles. The van der Waals surface area contributed by atoms with Gasteiger partial charge in [0.15, 0.2) is 0 Å². The number of nitrogens with one attached hydrogen (secondary N) is 2. The van der Waals surface area contributed by atoms with E-state index in [2.05, 4.69) is 22.5 Å². The number of benzene rings is 1. The number of nitrogens with zero attached hydrogens (tertiary/aromatic N) is 1. The quantitative estimate of drug-likeness (QED) is 0.464. The van der Waals surface area contributed by atoms with Crippen LogP contribution >= 0.6 is 0 Å². The first-order chi connectivity index (χ1) is 9.27. The van der Waals surface area contributed by atoms with Crippen molar-refractivity contribution in [3.05, 3.63) is 41.6 Å². The van der Waals surface area contributed by atoms with Crippen LogP contribution in [0.1, 0.15) is 30.5 Å². The standard InChI is InChI=1S/C13H19N5O/c1-2-7-19-11-6-4-3-5-9(11)12(17-15)10-8-16-18-13(10)14/h3-6,8,12,17H,2,7,15H2,1H3,(H3,14,16,18). The molecule has 0 amide bonds. The Balaban J connectivity index is 2.35. The van der Waals surface area contributed by atoms with Gasteiger partial charge in [0.25, 0.3) is 0 Å². The van der Waals surface area contributed by atoms with Crippen molar-refractivity contribution >= 4 is 5.82 Å². The van der Waals surface area contributed by atoms with Gasteiger partial charge < -0.3 is 10.5 Å². The van der Waals surface area contributed by atoms with E-state index in [1.807, 2.05) is 24.3 Å². The van der Waals surface area contributed by atoms with Crippen LogP contribution in [0.25, 0.3) is 0 Å². The van der Waals surface area contributed by atoms with Crippen molar-refractivity contribution in [1.82, 2.24) is 15.6 Å². The molecule has 0 bridgehead atoms. The van der Waals surface area contributed by atoms with E-state index in [1.165, 1.54) is 0 Å². The first-order valence-electron chi connectivity index (χ1n) is 6.24. The first-order valence-corrected chi connectivity index (χ1v) is 6.24. The first kappa shape index (κ1) is 13.4. The fraction of sp³-hybridized carbons (Fsp3) is 0.308. The molecule has 6 nitrogen and oxygen atoms in total. The fourth-order valence-corrected chi connectivity index (χ4v) is 1.95. The second-order valence-corrected chi connectivity index (χ2v) is 4.22. The van der Waals surface area contributed by atoms with Gasteiger partial charge in [-0.1, -0.05) is 25.1 Å². The highest BCUT2D eigenvalue weighted by molar-refractivity contribution is 5.48. The number of hydrazine groups is 1. The van der Waals surface area contributed by atoms with E-state index >= 15 is 0 Å². The Morgan fingerprint density at radius 3 is 2.79 bits per heavy atom. The number of para-hydroxylation sites is 1. The maximum atomic E-state index is 5.85. The molecule has 1 atom stereocenters. The average Bonchev–Trinajstić information content (AvgIpc) is 2.85. The number of anilines is 1. The smallest absolute Gasteiger partial charge is 0.124 e. The highest BCUT2D eigenvalue weighted by atomic mass is 16.5. The Labute approximate surface area is 112 Å². The van der Waals surface area contributed by atoms with E-state index in [4.69, 9.17) is 16.3 Å². The van der Waals surface area contributed by atoms with E-state index in [9.17, 15) is 0 Å². The van der Waals surface area contributed by atoms with Gasteiger partial charge in [-0.05, 0) is 12.5 Å². The van der Waals surface area contributed by atoms with Gasteiger partial charge in [0.1, 0.15) is 11.6 Å². The van der Waals surface area contributed by atoms with Crippen LogP contribution < -0.4 is 21.7 Å². The number of ether oxygens (including phenoxy) is 1. The SMILES string of the molecule is CCCOc1ccccc1C(NN)c1cn[nH]c1N. The molecule has 0 spiro atoms. The summed E-state index contributed by atoms with van der Waals surface area (Å²) in [6, 6.07) is 7.50. The second-order valence-electron chi connectivity index (χ2n) is 4.22. The molecular formula is C13H19N5O. The van der Waals surface area contributed by atoms with Crippen LogP contribution in [0.2, 0.25) is 0 Å². The van der Waals surface area contributed by atoms with Gasteiger partial charge in [-0.2, -0.15) is 5.10 Å². The molecule has 1 aromatic heterocycles. The van der Waals surface area contributed by atoms with Gasteiger partial charge in [0, 0.05) is 11.1 Å². The molecule has 0 radical (unpaired) electrons. The summed E-state index contributed by atoms with van der Waals surface area (Å²) in [6.07, 6.45) is 2.61. The minimum atomic E-state index is -0.258. The zero-order valence-electron chi connectivity index (χ0n) is 10.9. The molecule has 1 unspecified atom stereocenters. The molecule has 1 aromatic carbocycles. The zero-order chi connectivity index (χ0) is 13.7. The normalized spacial score (nSPS) is 12.3. The third-order valence-electron chi connectivity index (χ3n) is 2.87. The summed E-state index contributed by atoms with van der Waals surface area (Å²) in [5.41, 5.74) is 10.3. The molecule has 0 saturated carbocycles. The third-order valence-corrected chi connectivity index (χ3v) is 2.87. The Bertz CT molecular complexity index is 525. The number of aromatic amines is 1. The lowest BCUT2D eigenvalue weighted by Crippen LogP contribution is -2.29. The maximum Gasteiger partial charge on any atom is 0.124 e. The van der Waals surface area contributed by atoms with Crippen LogP contribution in [0.3, 0.4) is 0 Å². The molecule has 6 heteroatoms. The molecular weight excluding hydrogens is 242 g/mol. The van der Waals surface area contributed by atoms with Crippen molar-refractivity contribution in [2.75, 3.05) is 12.3 Å². The summed E-state index contributed by atoms with van der Waals surface area (Å²) >= 11 is 0. The minimum absolute atomic E-state index is 0.258. The molecule has 102 valence electrons. The van der Waals surface area contributed by atoms with Gasteiger partial charge >= 0.3 is 0 Å². The summed E-state index contributed by atoms with van der Waals surface area (Å²) in [6.45, 7) is 2.73. The Morgan fingerprint density at radius 1 is 1.37 bits per heavy atom. The summed E-state index contributed by atoms with van der Waals surface area (Å²) in [5.74, 6) is 6.95. The van der Waals surface area contributed by atoms with Crippen LogP contribution in [0.4, 0.5) is 5.82 Å². The number of hydrogen-bond acceptors (Lipinski definition) is 5. The van der Waals surface area contributed by atoms with Gasteiger partial charge in [0.2, 0.25) is 0 Å². The summed E-state index contributed by atoms with van der Waals surface area (Å²) in [4.78, 5) is 0. The molecule has 6 N–H and O–H groups in total. The van der Waals surface area contributed by atoms with Gasteiger partial charge in [-0.15, -0.1) is 0 Å². The van der Waals surface area contributed by atoms with Crippen molar-refractivity contribution in [3.63, 3.8) is 0 Å². The molecule has 19 heavy (non-hydrogen) atoms. The maximum absolute atomic E-state index is 5.85. The number of nitrogens with two attached hydrogens (primary N) is 2. The molecule has 0 saturated heterocycles. The Morgan fingerprint density at radius 2 is 2.16 bits per heavy atom. The number of rotatable bonds is 6. The third kappa shape index (κ3) is 2.86. The molecule has 0 aliphatic rings. The lowest BCUT2D eigenvalue weighted by Gasteiger charge is -2.19. The lowest BCUT2D eigenvalue weighted by atomic mass is 10.0. The largest absolute Gasteiger partial charge is 0.493 e. The van der Waals surface area contributed by atoms with Crippen molar-refractivity contribution in [2.24, 2.45) is 5.84 Å². The number of hydrogen-bond donors (Lipinski definition) is 4. The van der Waals surface area contributed by atoms with Crippen LogP contribution in [0, 0.1) is 0 Å². The molecule has 2 rings (SSSR count). The summed E-state index contributed by atoms with van der Waals surface area (Å²) < 4.78 is 5.74. The second kappa shape index (κ2) is 6.21. The van der Waals surface area contributed by atoms with Crippen LogP contribution in [0.15, 0.2) is 30.5 Å². The van der Waals surface area contributed by atoms with Crippen molar-refractivity contribution in [2.45, 2.75) is 19.4 Å². The van der Waals surface area contributed by atoms with E-state index in [0.29, 0.717) is 12.4 Å². The van der Waals surface area contributed by atoms with Crippen LogP contribution in [-0.2, 0) is 0 Å². The number of nitrogen functional groups attached to an aromatic ring is 1. The highest BCUT2D eigenvalue weighted by Gasteiger charge is 2.20. The molecule has 0 aliphatic carbocycles. The molecule has 1 heterocycles. The van der Waals surface area contributed by atoms with E-state index in [0.717, 1.165) is 23.3 Å². The minimum Gasteiger partial charge on any atom is -0.493 e. The lowest BCUT2D eigenvalue weighted by molar-refractivity contribution is 0.312. The van der Waals surface area contributed by atoms with E-state index in [-0.39, 0.29) is 6.04 Å². The van der Waals surface area contributed by atoms with Crippen molar-refractivity contribution in [3.8, 4) is 5.75 Å². The van der Waals surface area contributed by atoms with Crippen molar-refractivity contribution in [1.29, 1.82) is 0 Å². The van der Waals surface area contributed by atoms with Crippen LogP contribution in [0.5, 0.6) is 5.75 Å². The molecule has 0 fully saturated rings. The van der Waals surface area contributed by atoms with Gasteiger partial charge in [0.05, 0.1) is 18.8 Å². The van der Waals surface area contributed by atoms with Crippen molar-refractivity contribution < 1.29 is 4.74 Å². The van der Waals surface area contributed by atoms with E-state index in [1.54, 1.807) is 6.20 Å². The monoisotopic (exact) mass is 261 g/mol. The van der Waals surface area contributed by atoms with Gasteiger partial charge in [-0.25, -0.2) is 5.43 Å². The summed E-state index contributed by atoms with van der Waals surface area (Å²) in [5, 5.41) is 6.63. The van der Waals surface area contributed by atoms with Crippen LogP contribution in [-0.4, -0.2) is 16.8 Å². The fourth-order valence-electron chi connectivity index (χ4n) is 1.95.